The molecule has 4 heteroatoms. The molecule has 1 N–H and O–H groups in total. The number of imidazole rings is 1. The maximum absolute atomic E-state index is 6.04. The van der Waals surface area contributed by atoms with Crippen LogP contribution in [0.2, 0.25) is 0 Å². The van der Waals surface area contributed by atoms with Gasteiger partial charge in [0.2, 0.25) is 0 Å². The van der Waals surface area contributed by atoms with Crippen LogP contribution in [0.5, 0.6) is 11.5 Å². The highest BCUT2D eigenvalue weighted by Gasteiger charge is 2.14. The number of nitrogens with zero attached hydrogens (tertiary/aromatic N) is 1. The van der Waals surface area contributed by atoms with E-state index in [-0.39, 0.29) is 0 Å². The van der Waals surface area contributed by atoms with Crippen LogP contribution in [0, 0.1) is 6.92 Å². The molecule has 0 spiro atoms. The number of fused-ring (bicyclic) bond motifs is 1. The standard InChI is InChI=1S/C22H20N2O2/c1-15-12-20(25-2)21(26-14-16-8-4-3-5-9-16)13-17(15)22-23-18-10-6-7-11-19(18)24-22/h3-13H,14H2,1-2H3,(H,23,24). The Kier molecular flexibility index (Phi) is 4.32. The van der Waals surface area contributed by atoms with Crippen LogP contribution in [0.4, 0.5) is 0 Å². The summed E-state index contributed by atoms with van der Waals surface area (Å²) in [6.07, 6.45) is 0. The molecule has 0 bridgehead atoms. The summed E-state index contributed by atoms with van der Waals surface area (Å²) < 4.78 is 11.5. The summed E-state index contributed by atoms with van der Waals surface area (Å²) in [6, 6.07) is 22.1. The van der Waals surface area contributed by atoms with Gasteiger partial charge in [-0.05, 0) is 42.3 Å². The minimum atomic E-state index is 0.486. The molecule has 0 aliphatic rings. The minimum absolute atomic E-state index is 0.486. The molecule has 0 amide bonds. The number of hydrogen-bond donors (Lipinski definition) is 1. The van der Waals surface area contributed by atoms with E-state index in [1.807, 2.05) is 73.7 Å². The quantitative estimate of drug-likeness (QED) is 0.546. The van der Waals surface area contributed by atoms with Crippen molar-refractivity contribution in [1.29, 1.82) is 0 Å². The van der Waals surface area contributed by atoms with Crippen molar-refractivity contribution in [3.8, 4) is 22.9 Å². The average molecular weight is 344 g/mol. The normalized spacial score (nSPS) is 10.8. The number of aromatic amines is 1. The predicted molar refractivity (Wildman–Crippen MR) is 104 cm³/mol. The van der Waals surface area contributed by atoms with Crippen LogP contribution in [-0.2, 0) is 6.61 Å². The number of hydrogen-bond acceptors (Lipinski definition) is 3. The molecule has 0 atom stereocenters. The van der Waals surface area contributed by atoms with Crippen LogP contribution in [0.15, 0.2) is 66.7 Å². The van der Waals surface area contributed by atoms with Gasteiger partial charge in [-0.25, -0.2) is 4.98 Å². The Balaban J connectivity index is 1.71. The molecule has 0 saturated heterocycles. The van der Waals surface area contributed by atoms with Gasteiger partial charge in [0.15, 0.2) is 11.5 Å². The first-order valence-corrected chi connectivity index (χ1v) is 8.55. The third-order valence-corrected chi connectivity index (χ3v) is 4.39. The lowest BCUT2D eigenvalue weighted by atomic mass is 10.1. The molecular formula is C22H20N2O2. The van der Waals surface area contributed by atoms with Crippen LogP contribution >= 0.6 is 0 Å². The van der Waals surface area contributed by atoms with Crippen molar-refractivity contribution >= 4 is 11.0 Å². The number of aromatic nitrogens is 2. The molecule has 0 aliphatic carbocycles. The summed E-state index contributed by atoms with van der Waals surface area (Å²) in [6.45, 7) is 2.53. The largest absolute Gasteiger partial charge is 0.493 e. The zero-order valence-electron chi connectivity index (χ0n) is 14.8. The molecule has 3 aromatic carbocycles. The first kappa shape index (κ1) is 16.2. The molecule has 0 aliphatic heterocycles. The number of aryl methyl sites for hydroxylation is 1. The van der Waals surface area contributed by atoms with Crippen molar-refractivity contribution in [2.45, 2.75) is 13.5 Å². The van der Waals surface area contributed by atoms with Crippen molar-refractivity contribution in [2.75, 3.05) is 7.11 Å². The van der Waals surface area contributed by atoms with E-state index in [1.54, 1.807) is 7.11 Å². The lowest BCUT2D eigenvalue weighted by Crippen LogP contribution is -1.99. The molecular weight excluding hydrogens is 324 g/mol. The van der Waals surface area contributed by atoms with Gasteiger partial charge in [-0.2, -0.15) is 0 Å². The van der Waals surface area contributed by atoms with E-state index in [9.17, 15) is 0 Å². The Morgan fingerprint density at radius 2 is 1.69 bits per heavy atom. The number of nitrogens with one attached hydrogen (secondary N) is 1. The zero-order chi connectivity index (χ0) is 17.9. The second kappa shape index (κ2) is 6.92. The summed E-state index contributed by atoms with van der Waals surface area (Å²) in [7, 11) is 1.66. The maximum Gasteiger partial charge on any atom is 0.162 e. The minimum Gasteiger partial charge on any atom is -0.493 e. The van der Waals surface area contributed by atoms with E-state index < -0.39 is 0 Å². The Morgan fingerprint density at radius 1 is 0.923 bits per heavy atom. The van der Waals surface area contributed by atoms with Crippen LogP contribution < -0.4 is 9.47 Å². The second-order valence-electron chi connectivity index (χ2n) is 6.19. The summed E-state index contributed by atoms with van der Waals surface area (Å²) in [5, 5.41) is 0. The molecule has 1 aromatic heterocycles. The van der Waals surface area contributed by atoms with Gasteiger partial charge in [0.05, 0.1) is 18.1 Å². The first-order valence-electron chi connectivity index (χ1n) is 8.55. The Hall–Kier alpha value is -3.27. The lowest BCUT2D eigenvalue weighted by Gasteiger charge is -2.14. The average Bonchev–Trinajstić information content (AvgIpc) is 3.11. The molecule has 1 heterocycles. The molecule has 26 heavy (non-hydrogen) atoms. The molecule has 4 aromatic rings. The molecule has 4 rings (SSSR count). The number of methoxy groups -OCH3 is 1. The molecule has 0 unspecified atom stereocenters. The number of rotatable bonds is 5. The van der Waals surface area contributed by atoms with E-state index >= 15 is 0 Å². The Labute approximate surface area is 152 Å². The molecule has 0 fully saturated rings. The monoisotopic (exact) mass is 344 g/mol. The molecule has 130 valence electrons. The van der Waals surface area contributed by atoms with Gasteiger partial charge in [-0.1, -0.05) is 42.5 Å². The van der Waals surface area contributed by atoms with Gasteiger partial charge in [-0.3, -0.25) is 0 Å². The fourth-order valence-electron chi connectivity index (χ4n) is 3.00. The third-order valence-electron chi connectivity index (χ3n) is 4.39. The van der Waals surface area contributed by atoms with Gasteiger partial charge >= 0.3 is 0 Å². The number of benzene rings is 3. The van der Waals surface area contributed by atoms with E-state index in [2.05, 4.69) is 4.98 Å². The highest BCUT2D eigenvalue weighted by molar-refractivity contribution is 5.80. The van der Waals surface area contributed by atoms with Gasteiger partial charge in [-0.15, -0.1) is 0 Å². The Morgan fingerprint density at radius 3 is 2.46 bits per heavy atom. The van der Waals surface area contributed by atoms with Crippen molar-refractivity contribution in [1.82, 2.24) is 9.97 Å². The van der Waals surface area contributed by atoms with E-state index in [0.717, 1.165) is 39.3 Å². The summed E-state index contributed by atoms with van der Waals surface area (Å²) in [5.74, 6) is 2.26. The number of para-hydroxylation sites is 2. The van der Waals surface area contributed by atoms with E-state index in [0.29, 0.717) is 12.4 Å². The van der Waals surface area contributed by atoms with Crippen molar-refractivity contribution in [3.63, 3.8) is 0 Å². The lowest BCUT2D eigenvalue weighted by molar-refractivity contribution is 0.284. The summed E-state index contributed by atoms with van der Waals surface area (Å²) >= 11 is 0. The fraction of sp³-hybridized carbons (Fsp3) is 0.136. The van der Waals surface area contributed by atoms with Crippen molar-refractivity contribution < 1.29 is 9.47 Å². The SMILES string of the molecule is COc1cc(C)c(-c2nc3ccccc3[nH]2)cc1OCc1ccccc1. The van der Waals surface area contributed by atoms with E-state index in [1.165, 1.54) is 0 Å². The third kappa shape index (κ3) is 3.14. The van der Waals surface area contributed by atoms with Crippen LogP contribution in [0.25, 0.3) is 22.4 Å². The Bertz CT molecular complexity index is 1010. The fourth-order valence-corrected chi connectivity index (χ4v) is 3.00. The smallest absolute Gasteiger partial charge is 0.162 e. The zero-order valence-corrected chi connectivity index (χ0v) is 14.8. The summed E-state index contributed by atoms with van der Waals surface area (Å²) in [4.78, 5) is 8.09. The number of ether oxygens (including phenoxy) is 2. The van der Waals surface area contributed by atoms with Gasteiger partial charge < -0.3 is 14.5 Å². The van der Waals surface area contributed by atoms with Crippen LogP contribution in [-0.4, -0.2) is 17.1 Å². The van der Waals surface area contributed by atoms with Crippen molar-refractivity contribution in [3.05, 3.63) is 77.9 Å². The van der Waals surface area contributed by atoms with E-state index in [4.69, 9.17) is 14.5 Å². The first-order chi connectivity index (χ1) is 12.7. The highest BCUT2D eigenvalue weighted by atomic mass is 16.5. The predicted octanol–water partition coefficient (Wildman–Crippen LogP) is 5.13. The molecule has 0 saturated carbocycles. The summed E-state index contributed by atoms with van der Waals surface area (Å²) in [5.41, 5.74) is 5.16. The van der Waals surface area contributed by atoms with Gasteiger partial charge in [0.25, 0.3) is 0 Å². The number of H-pyrrole nitrogens is 1. The highest BCUT2D eigenvalue weighted by Crippen LogP contribution is 2.35. The molecule has 4 nitrogen and oxygen atoms in total. The second-order valence-corrected chi connectivity index (χ2v) is 6.19. The van der Waals surface area contributed by atoms with Gasteiger partial charge in [0, 0.05) is 5.56 Å². The topological polar surface area (TPSA) is 47.1 Å². The van der Waals surface area contributed by atoms with Gasteiger partial charge in [0.1, 0.15) is 12.4 Å². The maximum atomic E-state index is 6.04. The van der Waals surface area contributed by atoms with Crippen LogP contribution in [0.1, 0.15) is 11.1 Å². The molecule has 0 radical (unpaired) electrons. The van der Waals surface area contributed by atoms with Crippen LogP contribution in [0.3, 0.4) is 0 Å². The van der Waals surface area contributed by atoms with Crippen molar-refractivity contribution in [2.24, 2.45) is 0 Å².